The molecule has 1 aromatic carbocycles. The van der Waals surface area contributed by atoms with Gasteiger partial charge >= 0.3 is 0 Å². The fraction of sp³-hybridized carbons (Fsp3) is 0.474. The fourth-order valence-corrected chi connectivity index (χ4v) is 2.93. The van der Waals surface area contributed by atoms with E-state index in [2.05, 4.69) is 31.1 Å². The quantitative estimate of drug-likeness (QED) is 0.785. The average molecular weight is 313 g/mol. The average Bonchev–Trinajstić information content (AvgIpc) is 2.78. The number of rotatable bonds is 7. The third-order valence-corrected chi connectivity index (χ3v) is 4.31. The predicted molar refractivity (Wildman–Crippen MR) is 93.2 cm³/mol. The molecule has 0 saturated heterocycles. The molecule has 0 atom stereocenters. The Hall–Kier alpha value is -2.10. The number of carbonyl (C=O) groups is 1. The van der Waals surface area contributed by atoms with Gasteiger partial charge in [0.1, 0.15) is 0 Å². The molecule has 0 aliphatic rings. The zero-order valence-electron chi connectivity index (χ0n) is 14.7. The number of amides is 1. The van der Waals surface area contributed by atoms with Gasteiger partial charge in [0, 0.05) is 32.3 Å². The monoisotopic (exact) mass is 313 g/mol. The third-order valence-electron chi connectivity index (χ3n) is 4.31. The van der Waals surface area contributed by atoms with Crippen LogP contribution in [0, 0.1) is 13.8 Å². The Morgan fingerprint density at radius 2 is 1.91 bits per heavy atom. The summed E-state index contributed by atoms with van der Waals surface area (Å²) >= 11 is 0. The van der Waals surface area contributed by atoms with Gasteiger partial charge in [-0.1, -0.05) is 37.3 Å². The number of aromatic nitrogens is 2. The van der Waals surface area contributed by atoms with Gasteiger partial charge in [0.15, 0.2) is 0 Å². The van der Waals surface area contributed by atoms with Crippen molar-refractivity contribution >= 4 is 5.91 Å². The summed E-state index contributed by atoms with van der Waals surface area (Å²) in [6.45, 7) is 7.69. The SMILES string of the molecule is CCCN(Cc1ccccc1)C(=O)CCc1c(C)nn(C)c1C. The van der Waals surface area contributed by atoms with Crippen molar-refractivity contribution in [2.75, 3.05) is 6.54 Å². The second-order valence-electron chi connectivity index (χ2n) is 6.07. The van der Waals surface area contributed by atoms with E-state index >= 15 is 0 Å². The molecule has 124 valence electrons. The molecule has 1 amide bonds. The Bertz CT molecular complexity index is 646. The van der Waals surface area contributed by atoms with E-state index < -0.39 is 0 Å². The second kappa shape index (κ2) is 7.95. The van der Waals surface area contributed by atoms with E-state index in [1.807, 2.05) is 41.8 Å². The first-order valence-electron chi connectivity index (χ1n) is 8.33. The number of hydrogen-bond donors (Lipinski definition) is 0. The molecule has 0 spiro atoms. The Labute approximate surface area is 139 Å². The Kier molecular flexibility index (Phi) is 5.97. The Balaban J connectivity index is 2.00. The van der Waals surface area contributed by atoms with E-state index in [-0.39, 0.29) is 5.91 Å². The van der Waals surface area contributed by atoms with Gasteiger partial charge in [-0.25, -0.2) is 0 Å². The maximum absolute atomic E-state index is 12.6. The first-order chi connectivity index (χ1) is 11.0. The highest BCUT2D eigenvalue weighted by atomic mass is 16.2. The van der Waals surface area contributed by atoms with E-state index in [0.717, 1.165) is 30.8 Å². The van der Waals surface area contributed by atoms with Gasteiger partial charge in [-0.05, 0) is 37.8 Å². The summed E-state index contributed by atoms with van der Waals surface area (Å²) in [5.74, 6) is 0.221. The molecule has 0 bridgehead atoms. The molecular formula is C19H27N3O. The van der Waals surface area contributed by atoms with Crippen LogP contribution in [0.25, 0.3) is 0 Å². The number of carbonyl (C=O) groups excluding carboxylic acids is 1. The summed E-state index contributed by atoms with van der Waals surface area (Å²) < 4.78 is 1.89. The van der Waals surface area contributed by atoms with Crippen molar-refractivity contribution in [2.45, 2.75) is 46.6 Å². The van der Waals surface area contributed by atoms with Crippen molar-refractivity contribution in [3.05, 3.63) is 52.8 Å². The zero-order chi connectivity index (χ0) is 16.8. The summed E-state index contributed by atoms with van der Waals surface area (Å²) in [5, 5.41) is 4.43. The number of nitrogens with zero attached hydrogens (tertiary/aromatic N) is 3. The maximum atomic E-state index is 12.6. The molecule has 4 nitrogen and oxygen atoms in total. The van der Waals surface area contributed by atoms with Crippen LogP contribution >= 0.6 is 0 Å². The highest BCUT2D eigenvalue weighted by Crippen LogP contribution is 2.15. The van der Waals surface area contributed by atoms with Crippen molar-refractivity contribution in [1.29, 1.82) is 0 Å². The standard InChI is InChI=1S/C19H27N3O/c1-5-13-22(14-17-9-7-6-8-10-17)19(23)12-11-18-15(2)20-21(4)16(18)3/h6-10H,5,11-14H2,1-4H3. The van der Waals surface area contributed by atoms with E-state index in [1.54, 1.807) is 0 Å². The van der Waals surface area contributed by atoms with E-state index in [0.29, 0.717) is 13.0 Å². The van der Waals surface area contributed by atoms with Crippen LogP contribution in [0.3, 0.4) is 0 Å². The summed E-state index contributed by atoms with van der Waals surface area (Å²) in [6, 6.07) is 10.2. The highest BCUT2D eigenvalue weighted by molar-refractivity contribution is 5.76. The molecule has 1 aromatic heterocycles. The lowest BCUT2D eigenvalue weighted by atomic mass is 10.1. The van der Waals surface area contributed by atoms with Gasteiger partial charge < -0.3 is 4.90 Å². The van der Waals surface area contributed by atoms with Crippen molar-refractivity contribution < 1.29 is 4.79 Å². The molecule has 4 heteroatoms. The minimum atomic E-state index is 0.221. The summed E-state index contributed by atoms with van der Waals surface area (Å²) in [6.07, 6.45) is 2.28. The molecule has 2 rings (SSSR count). The maximum Gasteiger partial charge on any atom is 0.223 e. The first kappa shape index (κ1) is 17.3. The lowest BCUT2D eigenvalue weighted by Gasteiger charge is -2.22. The number of hydrogen-bond acceptors (Lipinski definition) is 2. The second-order valence-corrected chi connectivity index (χ2v) is 6.07. The van der Waals surface area contributed by atoms with Crippen molar-refractivity contribution in [3.8, 4) is 0 Å². The minimum Gasteiger partial charge on any atom is -0.338 e. The zero-order valence-corrected chi connectivity index (χ0v) is 14.7. The number of benzene rings is 1. The normalized spacial score (nSPS) is 10.8. The largest absolute Gasteiger partial charge is 0.338 e. The molecule has 2 aromatic rings. The van der Waals surface area contributed by atoms with Crippen LogP contribution in [0.15, 0.2) is 30.3 Å². The van der Waals surface area contributed by atoms with Crippen LogP contribution in [0.1, 0.15) is 42.3 Å². The van der Waals surface area contributed by atoms with Gasteiger partial charge in [0.2, 0.25) is 5.91 Å². The molecule has 0 fully saturated rings. The van der Waals surface area contributed by atoms with Crippen LogP contribution in [0.2, 0.25) is 0 Å². The first-order valence-corrected chi connectivity index (χ1v) is 8.33. The van der Waals surface area contributed by atoms with Crippen LogP contribution in [-0.2, 0) is 24.8 Å². The fourth-order valence-electron chi connectivity index (χ4n) is 2.93. The Morgan fingerprint density at radius 1 is 1.22 bits per heavy atom. The van der Waals surface area contributed by atoms with Gasteiger partial charge in [0.25, 0.3) is 0 Å². The van der Waals surface area contributed by atoms with Crippen LogP contribution < -0.4 is 0 Å². The lowest BCUT2D eigenvalue weighted by molar-refractivity contribution is -0.131. The summed E-state index contributed by atoms with van der Waals surface area (Å²) in [5.41, 5.74) is 4.57. The topological polar surface area (TPSA) is 38.1 Å². The van der Waals surface area contributed by atoms with Gasteiger partial charge in [-0.3, -0.25) is 9.48 Å². The van der Waals surface area contributed by atoms with Crippen LogP contribution in [0.5, 0.6) is 0 Å². The van der Waals surface area contributed by atoms with Crippen molar-refractivity contribution in [3.63, 3.8) is 0 Å². The van der Waals surface area contributed by atoms with E-state index in [4.69, 9.17) is 0 Å². The van der Waals surface area contributed by atoms with Gasteiger partial charge in [-0.2, -0.15) is 5.10 Å². The van der Waals surface area contributed by atoms with E-state index in [9.17, 15) is 4.79 Å². The minimum absolute atomic E-state index is 0.221. The van der Waals surface area contributed by atoms with Gasteiger partial charge in [0.05, 0.1) is 5.69 Å². The highest BCUT2D eigenvalue weighted by Gasteiger charge is 2.16. The summed E-state index contributed by atoms with van der Waals surface area (Å²) in [4.78, 5) is 14.6. The van der Waals surface area contributed by atoms with Gasteiger partial charge in [-0.15, -0.1) is 0 Å². The predicted octanol–water partition coefficient (Wildman–Crippen LogP) is 3.41. The number of aryl methyl sites for hydroxylation is 2. The molecule has 0 saturated carbocycles. The molecule has 0 N–H and O–H groups in total. The van der Waals surface area contributed by atoms with Crippen molar-refractivity contribution in [1.82, 2.24) is 14.7 Å². The molecule has 1 heterocycles. The third kappa shape index (κ3) is 4.44. The molecule has 0 aliphatic heterocycles. The van der Waals surface area contributed by atoms with Crippen LogP contribution in [-0.4, -0.2) is 27.1 Å². The molecular weight excluding hydrogens is 286 g/mol. The van der Waals surface area contributed by atoms with Crippen LogP contribution in [0.4, 0.5) is 0 Å². The molecule has 23 heavy (non-hydrogen) atoms. The Morgan fingerprint density at radius 3 is 2.48 bits per heavy atom. The lowest BCUT2D eigenvalue weighted by Crippen LogP contribution is -2.31. The van der Waals surface area contributed by atoms with E-state index in [1.165, 1.54) is 11.1 Å². The smallest absolute Gasteiger partial charge is 0.223 e. The van der Waals surface area contributed by atoms with Crippen molar-refractivity contribution in [2.24, 2.45) is 7.05 Å². The molecule has 0 radical (unpaired) electrons. The summed E-state index contributed by atoms with van der Waals surface area (Å²) in [7, 11) is 1.95. The molecule has 0 unspecified atom stereocenters. The molecule has 0 aliphatic carbocycles.